The highest BCUT2D eigenvalue weighted by atomic mass is 32.2. The number of sulfonamides is 1. The summed E-state index contributed by atoms with van der Waals surface area (Å²) < 4.78 is 28.2. The Labute approximate surface area is 249 Å². The van der Waals surface area contributed by atoms with Gasteiger partial charge in [-0.3, -0.25) is 10.1 Å². The number of hydrogen-bond acceptors (Lipinski definition) is 6. The Morgan fingerprint density at radius 1 is 0.805 bits per heavy atom. The number of aliphatic hydroxyl groups is 2. The quantitative estimate of drug-likeness (QED) is 0.0460. The van der Waals surface area contributed by atoms with Gasteiger partial charge in [-0.15, -0.1) is 6.58 Å². The molecule has 0 unspecified atom stereocenters. The van der Waals surface area contributed by atoms with Gasteiger partial charge in [0.1, 0.15) is 0 Å². The normalized spacial score (nSPS) is 13.4. The summed E-state index contributed by atoms with van der Waals surface area (Å²) in [4.78, 5) is 10.4. The molecule has 0 aliphatic rings. The zero-order chi connectivity index (χ0) is 30.3. The summed E-state index contributed by atoms with van der Waals surface area (Å²) in [7, 11) is -4.30. The van der Waals surface area contributed by atoms with Crippen LogP contribution < -0.4 is 0 Å². The lowest BCUT2D eigenvalue weighted by molar-refractivity contribution is -0.387. The minimum atomic E-state index is -4.30. The molecule has 0 spiro atoms. The second-order valence-corrected chi connectivity index (χ2v) is 13.2. The first-order valence-corrected chi connectivity index (χ1v) is 17.4. The van der Waals surface area contributed by atoms with Crippen molar-refractivity contribution in [2.45, 2.75) is 146 Å². The Morgan fingerprint density at radius 3 is 1.71 bits per heavy atom. The number of nitrogens with zero attached hydrogens (tertiary/aromatic N) is 2. The molecule has 1 rings (SSSR count). The molecular formula is C32H56N2O6S. The van der Waals surface area contributed by atoms with Crippen molar-refractivity contribution in [3.8, 4) is 0 Å². The third-order valence-corrected chi connectivity index (χ3v) is 9.47. The van der Waals surface area contributed by atoms with E-state index in [-0.39, 0.29) is 13.1 Å². The number of nitro groups is 1. The highest BCUT2D eigenvalue weighted by Crippen LogP contribution is 2.27. The third kappa shape index (κ3) is 16.4. The first-order valence-electron chi connectivity index (χ1n) is 15.9. The van der Waals surface area contributed by atoms with Crippen molar-refractivity contribution in [3.05, 3.63) is 47.0 Å². The van der Waals surface area contributed by atoms with Crippen LogP contribution in [0.4, 0.5) is 5.69 Å². The Kier molecular flexibility index (Phi) is 20.6. The summed E-state index contributed by atoms with van der Waals surface area (Å²) >= 11 is 0. The van der Waals surface area contributed by atoms with Crippen molar-refractivity contribution in [3.63, 3.8) is 0 Å². The molecule has 0 amide bonds. The molecule has 0 aliphatic carbocycles. The van der Waals surface area contributed by atoms with Crippen LogP contribution in [-0.2, 0) is 10.0 Å². The van der Waals surface area contributed by atoms with Gasteiger partial charge in [0.15, 0.2) is 4.90 Å². The number of para-hydroxylation sites is 1. The molecule has 0 aromatic heterocycles. The van der Waals surface area contributed by atoms with E-state index in [0.717, 1.165) is 68.2 Å². The zero-order valence-corrected chi connectivity index (χ0v) is 26.2. The topological polar surface area (TPSA) is 121 Å². The average molecular weight is 597 g/mol. The fraction of sp³-hybridized carbons (Fsp3) is 0.750. The average Bonchev–Trinajstić information content (AvgIpc) is 2.95. The monoisotopic (exact) mass is 596 g/mol. The maximum absolute atomic E-state index is 13.6. The number of nitro benzene ring substituents is 1. The molecule has 0 aliphatic heterocycles. The van der Waals surface area contributed by atoms with E-state index in [1.807, 2.05) is 6.08 Å². The van der Waals surface area contributed by atoms with E-state index in [4.69, 9.17) is 0 Å². The van der Waals surface area contributed by atoms with Gasteiger partial charge in [0.05, 0.1) is 17.1 Å². The van der Waals surface area contributed by atoms with Gasteiger partial charge >= 0.3 is 0 Å². The van der Waals surface area contributed by atoms with Gasteiger partial charge in [0.2, 0.25) is 10.0 Å². The van der Waals surface area contributed by atoms with E-state index in [1.54, 1.807) is 0 Å². The SMILES string of the molecule is C=CCCCCCCCCCC[C@@H](O)CN(C[C@H](O)CCCCCCCCCC)S(=O)(=O)c1ccccc1[N+](=O)[O-]. The Hall–Kier alpha value is -1.81. The lowest BCUT2D eigenvalue weighted by atomic mass is 10.0. The van der Waals surface area contributed by atoms with E-state index < -0.39 is 37.7 Å². The number of aliphatic hydroxyl groups excluding tert-OH is 2. The van der Waals surface area contributed by atoms with Crippen LogP contribution in [0.3, 0.4) is 0 Å². The number of unbranched alkanes of at least 4 members (excludes halogenated alkanes) is 15. The molecule has 0 radical (unpaired) electrons. The number of benzene rings is 1. The van der Waals surface area contributed by atoms with Crippen LogP contribution in [-0.4, -0.2) is 53.2 Å². The highest BCUT2D eigenvalue weighted by molar-refractivity contribution is 7.89. The van der Waals surface area contributed by atoms with Crippen molar-refractivity contribution in [2.75, 3.05) is 13.1 Å². The lowest BCUT2D eigenvalue weighted by Gasteiger charge is -2.27. The van der Waals surface area contributed by atoms with E-state index >= 15 is 0 Å². The second-order valence-electron chi connectivity index (χ2n) is 11.3. The molecule has 236 valence electrons. The Bertz CT molecular complexity index is 940. The fourth-order valence-corrected chi connectivity index (χ4v) is 6.80. The predicted octanol–water partition coefficient (Wildman–Crippen LogP) is 7.93. The number of rotatable bonds is 27. The summed E-state index contributed by atoms with van der Waals surface area (Å²) in [5, 5.41) is 33.0. The molecule has 1 aromatic carbocycles. The molecule has 0 heterocycles. The maximum atomic E-state index is 13.6. The van der Waals surface area contributed by atoms with Crippen molar-refractivity contribution in [1.29, 1.82) is 0 Å². The van der Waals surface area contributed by atoms with Gasteiger partial charge in [-0.05, 0) is 31.7 Å². The van der Waals surface area contributed by atoms with Gasteiger partial charge < -0.3 is 10.2 Å². The second kappa shape index (κ2) is 22.7. The van der Waals surface area contributed by atoms with Crippen molar-refractivity contribution < 1.29 is 23.6 Å². The molecule has 0 bridgehead atoms. The molecule has 2 atom stereocenters. The smallest absolute Gasteiger partial charge is 0.289 e. The molecule has 8 nitrogen and oxygen atoms in total. The summed E-state index contributed by atoms with van der Waals surface area (Å²) in [5.74, 6) is 0. The lowest BCUT2D eigenvalue weighted by Crippen LogP contribution is -2.42. The van der Waals surface area contributed by atoms with Crippen LogP contribution in [0.2, 0.25) is 0 Å². The first-order chi connectivity index (χ1) is 19.7. The minimum Gasteiger partial charge on any atom is -0.392 e. The standard InChI is InChI=1S/C32H56N2O6S/c1-3-5-7-9-11-13-14-16-18-20-24-30(36)28-33(27-29(35)23-19-17-15-12-10-8-6-4-2)41(39,40)32-26-22-21-25-31(32)34(37)38/h3,21-22,25-26,29-30,35-36H,1,4-20,23-24,27-28H2,2H3/t29-,30-/m1/s1. The summed E-state index contributed by atoms with van der Waals surface area (Å²) in [6.07, 6.45) is 19.8. The van der Waals surface area contributed by atoms with Crippen LogP contribution in [0.15, 0.2) is 41.8 Å². The van der Waals surface area contributed by atoms with E-state index in [9.17, 15) is 28.7 Å². The predicted molar refractivity (Wildman–Crippen MR) is 167 cm³/mol. The van der Waals surface area contributed by atoms with Crippen molar-refractivity contribution >= 4 is 15.7 Å². The number of hydrogen-bond donors (Lipinski definition) is 2. The summed E-state index contributed by atoms with van der Waals surface area (Å²) in [5.41, 5.74) is -0.506. The van der Waals surface area contributed by atoms with Gasteiger partial charge in [0.25, 0.3) is 5.69 Å². The van der Waals surface area contributed by atoms with Crippen LogP contribution in [0, 0.1) is 10.1 Å². The largest absolute Gasteiger partial charge is 0.392 e. The Morgan fingerprint density at radius 2 is 1.24 bits per heavy atom. The van der Waals surface area contributed by atoms with Gasteiger partial charge in [-0.2, -0.15) is 4.31 Å². The molecule has 0 saturated heterocycles. The Balaban J connectivity index is 2.67. The van der Waals surface area contributed by atoms with E-state index in [2.05, 4.69) is 13.5 Å². The van der Waals surface area contributed by atoms with E-state index in [0.29, 0.717) is 12.8 Å². The summed E-state index contributed by atoms with van der Waals surface area (Å²) in [6, 6.07) is 5.26. The molecule has 0 saturated carbocycles. The van der Waals surface area contributed by atoms with Crippen LogP contribution in [0.5, 0.6) is 0 Å². The first kappa shape index (κ1) is 37.2. The molecule has 1 aromatic rings. The summed E-state index contributed by atoms with van der Waals surface area (Å²) in [6.45, 7) is 5.53. The molecule has 41 heavy (non-hydrogen) atoms. The number of allylic oxidation sites excluding steroid dienone is 1. The maximum Gasteiger partial charge on any atom is 0.289 e. The molecule has 9 heteroatoms. The van der Waals surface area contributed by atoms with Crippen LogP contribution >= 0.6 is 0 Å². The van der Waals surface area contributed by atoms with Gasteiger partial charge in [-0.25, -0.2) is 8.42 Å². The zero-order valence-electron chi connectivity index (χ0n) is 25.4. The van der Waals surface area contributed by atoms with Crippen molar-refractivity contribution in [2.24, 2.45) is 0 Å². The van der Waals surface area contributed by atoms with Gasteiger partial charge in [0, 0.05) is 19.2 Å². The fourth-order valence-electron chi connectivity index (χ4n) is 5.13. The van der Waals surface area contributed by atoms with E-state index in [1.165, 1.54) is 69.6 Å². The minimum absolute atomic E-state index is 0.201. The van der Waals surface area contributed by atoms with Crippen LogP contribution in [0.1, 0.15) is 129 Å². The molecular weight excluding hydrogens is 540 g/mol. The molecule has 0 fully saturated rings. The van der Waals surface area contributed by atoms with Crippen molar-refractivity contribution in [1.82, 2.24) is 4.31 Å². The highest BCUT2D eigenvalue weighted by Gasteiger charge is 2.33. The van der Waals surface area contributed by atoms with Crippen LogP contribution in [0.25, 0.3) is 0 Å². The van der Waals surface area contributed by atoms with Gasteiger partial charge in [-0.1, -0.05) is 121 Å². The third-order valence-electron chi connectivity index (χ3n) is 7.60. The molecule has 2 N–H and O–H groups in total.